The highest BCUT2D eigenvalue weighted by Crippen LogP contribution is 2.24. The van der Waals surface area contributed by atoms with Crippen molar-refractivity contribution < 1.29 is 13.2 Å². The van der Waals surface area contributed by atoms with Crippen LogP contribution in [0.4, 0.5) is 10.5 Å². The maximum atomic E-state index is 12.7. The highest BCUT2D eigenvalue weighted by atomic mass is 32.2. The van der Waals surface area contributed by atoms with Gasteiger partial charge < -0.3 is 10.6 Å². The van der Waals surface area contributed by atoms with E-state index in [9.17, 15) is 13.2 Å². The number of amides is 2. The van der Waals surface area contributed by atoms with Crippen molar-refractivity contribution in [2.75, 3.05) is 25.0 Å². The minimum atomic E-state index is -3.58. The molecule has 2 aromatic carbocycles. The summed E-state index contributed by atoms with van der Waals surface area (Å²) in [7, 11) is -3.58. The summed E-state index contributed by atoms with van der Waals surface area (Å²) >= 11 is 0. The predicted molar refractivity (Wildman–Crippen MR) is 99.6 cm³/mol. The third-order valence-electron chi connectivity index (χ3n) is 4.26. The van der Waals surface area contributed by atoms with E-state index < -0.39 is 9.84 Å². The number of hydrogen-bond donors (Lipinski definition) is 4. The van der Waals surface area contributed by atoms with Gasteiger partial charge in [-0.05, 0) is 42.8 Å². The van der Waals surface area contributed by atoms with Gasteiger partial charge in [0.25, 0.3) is 0 Å². The van der Waals surface area contributed by atoms with Gasteiger partial charge in [0.1, 0.15) is 0 Å². The van der Waals surface area contributed by atoms with Gasteiger partial charge in [0.05, 0.1) is 9.79 Å². The number of carbonyl (C=O) groups excluding carboxylic acids is 1. The lowest BCUT2D eigenvalue weighted by Gasteiger charge is -2.11. The van der Waals surface area contributed by atoms with E-state index in [1.54, 1.807) is 43.3 Å². The van der Waals surface area contributed by atoms with Crippen LogP contribution in [-0.4, -0.2) is 34.1 Å². The molecule has 1 heterocycles. The van der Waals surface area contributed by atoms with Gasteiger partial charge in [0, 0.05) is 31.2 Å². The average Bonchev–Trinajstić information content (AvgIpc) is 3.14. The lowest BCUT2D eigenvalue weighted by molar-refractivity contribution is 0.250. The van der Waals surface area contributed by atoms with Gasteiger partial charge >= 0.3 is 6.03 Å². The fraction of sp³-hybridized carbons (Fsp3) is 0.278. The first-order valence-corrected chi connectivity index (χ1v) is 9.86. The van der Waals surface area contributed by atoms with Crippen molar-refractivity contribution in [2.45, 2.75) is 16.7 Å². The molecule has 0 atom stereocenters. The molecular formula is C18H22N4O3S. The number of nitrogens with one attached hydrogen (secondary N) is 4. The molecule has 1 aliphatic heterocycles. The molecule has 0 aromatic heterocycles. The molecular weight excluding hydrogens is 352 g/mol. The Bertz CT molecular complexity index is 876. The van der Waals surface area contributed by atoms with Gasteiger partial charge in [0.15, 0.2) is 0 Å². The lowest BCUT2D eigenvalue weighted by Crippen LogP contribution is -2.34. The molecule has 1 aliphatic rings. The Hall–Kier alpha value is -2.42. The minimum Gasteiger partial charge on any atom is -0.337 e. The molecule has 26 heavy (non-hydrogen) atoms. The van der Waals surface area contributed by atoms with Crippen LogP contribution in [0.15, 0.2) is 58.3 Å². The first-order valence-electron chi connectivity index (χ1n) is 8.38. The Morgan fingerprint density at radius 1 is 1.08 bits per heavy atom. The van der Waals surface area contributed by atoms with Gasteiger partial charge in [-0.25, -0.2) is 13.2 Å². The topological polar surface area (TPSA) is 99.3 Å². The van der Waals surface area contributed by atoms with Gasteiger partial charge in [-0.3, -0.25) is 10.9 Å². The van der Waals surface area contributed by atoms with E-state index in [0.717, 1.165) is 13.1 Å². The van der Waals surface area contributed by atoms with E-state index in [2.05, 4.69) is 21.5 Å². The highest BCUT2D eigenvalue weighted by Gasteiger charge is 2.19. The van der Waals surface area contributed by atoms with Crippen molar-refractivity contribution in [1.82, 2.24) is 16.2 Å². The minimum absolute atomic E-state index is 0.195. The van der Waals surface area contributed by atoms with Crippen LogP contribution in [0, 0.1) is 12.8 Å². The predicted octanol–water partition coefficient (Wildman–Crippen LogP) is 1.67. The number of hydrogen-bond acceptors (Lipinski definition) is 5. The standard InChI is InChI=1S/C18H22N4O3S/c1-13-4-2-3-5-17(13)26(24,25)16-8-6-15(7-9-16)22-18(23)19-10-14-11-20-21-12-14/h2-9,14,20-21H,10-12H2,1H3,(H2,19,22,23). The van der Waals surface area contributed by atoms with Gasteiger partial charge in [-0.15, -0.1) is 0 Å². The lowest BCUT2D eigenvalue weighted by atomic mass is 10.2. The van der Waals surface area contributed by atoms with Crippen LogP contribution in [0.1, 0.15) is 5.56 Å². The summed E-state index contributed by atoms with van der Waals surface area (Å²) in [5.74, 6) is 0.349. The molecule has 7 nitrogen and oxygen atoms in total. The van der Waals surface area contributed by atoms with Crippen molar-refractivity contribution >= 4 is 21.6 Å². The van der Waals surface area contributed by atoms with Crippen LogP contribution in [0.2, 0.25) is 0 Å². The summed E-state index contributed by atoms with van der Waals surface area (Å²) in [5.41, 5.74) is 7.24. The van der Waals surface area contributed by atoms with Crippen molar-refractivity contribution in [3.63, 3.8) is 0 Å². The SMILES string of the molecule is Cc1ccccc1S(=O)(=O)c1ccc(NC(=O)NCC2CNNC2)cc1. The monoisotopic (exact) mass is 374 g/mol. The third-order valence-corrected chi connectivity index (χ3v) is 6.19. The Morgan fingerprint density at radius 2 is 1.73 bits per heavy atom. The molecule has 0 radical (unpaired) electrons. The molecule has 2 aromatic rings. The van der Waals surface area contributed by atoms with Crippen LogP contribution < -0.4 is 21.5 Å². The highest BCUT2D eigenvalue weighted by molar-refractivity contribution is 7.91. The maximum Gasteiger partial charge on any atom is 0.319 e. The van der Waals surface area contributed by atoms with Crippen LogP contribution >= 0.6 is 0 Å². The molecule has 1 fully saturated rings. The molecule has 0 bridgehead atoms. The summed E-state index contributed by atoms with van der Waals surface area (Å²) in [5, 5.41) is 5.51. The quantitative estimate of drug-likeness (QED) is 0.638. The zero-order valence-electron chi connectivity index (χ0n) is 14.5. The molecule has 0 unspecified atom stereocenters. The smallest absolute Gasteiger partial charge is 0.319 e. The Balaban J connectivity index is 1.64. The zero-order chi connectivity index (χ0) is 18.6. The summed E-state index contributed by atoms with van der Waals surface area (Å²) in [4.78, 5) is 12.4. The van der Waals surface area contributed by atoms with Crippen LogP contribution in [0.5, 0.6) is 0 Å². The Morgan fingerprint density at radius 3 is 2.38 bits per heavy atom. The van der Waals surface area contributed by atoms with Crippen molar-refractivity contribution in [3.05, 3.63) is 54.1 Å². The molecule has 1 saturated heterocycles. The Labute approximate surface area is 153 Å². The van der Waals surface area contributed by atoms with Gasteiger partial charge in [-0.1, -0.05) is 18.2 Å². The van der Waals surface area contributed by atoms with E-state index >= 15 is 0 Å². The molecule has 3 rings (SSSR count). The summed E-state index contributed by atoms with van der Waals surface area (Å²) in [6, 6.07) is 12.7. The second kappa shape index (κ2) is 7.86. The number of hydrazine groups is 1. The van der Waals surface area contributed by atoms with Crippen molar-refractivity contribution in [3.8, 4) is 0 Å². The number of rotatable bonds is 5. The van der Waals surface area contributed by atoms with E-state index in [-0.39, 0.29) is 15.8 Å². The number of aryl methyl sites for hydroxylation is 1. The summed E-state index contributed by atoms with van der Waals surface area (Å²) < 4.78 is 25.5. The van der Waals surface area contributed by atoms with Crippen LogP contribution in [-0.2, 0) is 9.84 Å². The van der Waals surface area contributed by atoms with E-state index in [1.807, 2.05) is 0 Å². The molecule has 8 heteroatoms. The van der Waals surface area contributed by atoms with E-state index in [4.69, 9.17) is 0 Å². The average molecular weight is 374 g/mol. The molecule has 0 saturated carbocycles. The summed E-state index contributed by atoms with van der Waals surface area (Å²) in [6.45, 7) is 3.95. The molecule has 138 valence electrons. The molecule has 2 amide bonds. The van der Waals surface area contributed by atoms with Crippen molar-refractivity contribution in [1.29, 1.82) is 0 Å². The third kappa shape index (κ3) is 4.21. The fourth-order valence-corrected chi connectivity index (χ4v) is 4.26. The first kappa shape index (κ1) is 18.4. The number of anilines is 1. The van der Waals surface area contributed by atoms with E-state index in [1.165, 1.54) is 12.1 Å². The number of carbonyl (C=O) groups is 1. The molecule has 0 aliphatic carbocycles. The number of sulfone groups is 1. The molecule has 0 spiro atoms. The first-order chi connectivity index (χ1) is 12.5. The van der Waals surface area contributed by atoms with Gasteiger partial charge in [0.2, 0.25) is 9.84 Å². The second-order valence-electron chi connectivity index (χ2n) is 6.26. The number of urea groups is 1. The maximum absolute atomic E-state index is 12.7. The van der Waals surface area contributed by atoms with Gasteiger partial charge in [-0.2, -0.15) is 0 Å². The van der Waals surface area contributed by atoms with Crippen molar-refractivity contribution in [2.24, 2.45) is 5.92 Å². The normalized spacial score (nSPS) is 15.0. The molecule has 4 N–H and O–H groups in total. The number of benzene rings is 2. The summed E-state index contributed by atoms with van der Waals surface area (Å²) in [6.07, 6.45) is 0. The van der Waals surface area contributed by atoms with E-state index in [0.29, 0.717) is 23.7 Å². The second-order valence-corrected chi connectivity index (χ2v) is 8.17. The zero-order valence-corrected chi connectivity index (χ0v) is 15.3. The van der Waals surface area contributed by atoms with Crippen LogP contribution in [0.25, 0.3) is 0 Å². The van der Waals surface area contributed by atoms with Crippen LogP contribution in [0.3, 0.4) is 0 Å². The fourth-order valence-electron chi connectivity index (χ4n) is 2.76. The largest absolute Gasteiger partial charge is 0.337 e. The Kier molecular flexibility index (Phi) is 5.55.